The number of aliphatic imine (C=N–C) groups is 1. The number of aromatic nitrogens is 1. The summed E-state index contributed by atoms with van der Waals surface area (Å²) in [6.07, 6.45) is 0. The van der Waals surface area contributed by atoms with E-state index < -0.39 is 8.60 Å². The highest BCUT2D eigenvalue weighted by Crippen LogP contribution is 2.42. The number of amides is 1. The van der Waals surface area contributed by atoms with Crippen molar-refractivity contribution < 1.29 is 23.5 Å². The fraction of sp³-hybridized carbons (Fsp3) is 0.267. The van der Waals surface area contributed by atoms with Gasteiger partial charge >= 0.3 is 8.60 Å². The first kappa shape index (κ1) is 29.2. The van der Waals surface area contributed by atoms with Crippen molar-refractivity contribution in [1.82, 2.24) is 9.88 Å². The first-order chi connectivity index (χ1) is 19.3. The van der Waals surface area contributed by atoms with E-state index >= 15 is 0 Å². The van der Waals surface area contributed by atoms with E-state index in [1.165, 1.54) is 0 Å². The number of rotatable bonds is 12. The van der Waals surface area contributed by atoms with Crippen molar-refractivity contribution in [2.45, 2.75) is 13.8 Å². The minimum atomic E-state index is -1.55. The number of H-pyrrole nitrogens is 1. The number of anilines is 1. The average Bonchev–Trinajstić information content (AvgIpc) is 3.26. The monoisotopic (exact) mass is 562 g/mol. The molecule has 1 heterocycles. The number of carbonyl (C=O) groups is 1. The van der Waals surface area contributed by atoms with Crippen molar-refractivity contribution in [2.75, 3.05) is 45.8 Å². The number of aromatic amines is 1. The van der Waals surface area contributed by atoms with E-state index in [9.17, 15) is 9.90 Å². The lowest BCUT2D eigenvalue weighted by molar-refractivity contribution is -0.118. The third-order valence-corrected chi connectivity index (χ3v) is 7.28. The molecule has 9 nitrogen and oxygen atoms in total. The Balaban J connectivity index is 1.75. The van der Waals surface area contributed by atoms with Crippen molar-refractivity contribution >= 4 is 42.5 Å². The number of carbonyl (C=O) groups excluding carboxylic acids is 1. The van der Waals surface area contributed by atoms with E-state index in [-0.39, 0.29) is 11.8 Å². The molecular weight excluding hydrogens is 527 g/mol. The summed E-state index contributed by atoms with van der Waals surface area (Å²) in [5.74, 6) is 0.547. The first-order valence-corrected chi connectivity index (χ1v) is 14.1. The highest BCUT2D eigenvalue weighted by atomic mass is 31.2. The number of aromatic hydroxyl groups is 1. The third kappa shape index (κ3) is 7.06. The van der Waals surface area contributed by atoms with Crippen LogP contribution in [0.15, 0.2) is 77.8 Å². The third-order valence-electron chi connectivity index (χ3n) is 5.99. The molecule has 0 aliphatic rings. The van der Waals surface area contributed by atoms with Crippen LogP contribution in [0.2, 0.25) is 0 Å². The molecule has 10 heteroatoms. The Hall–Kier alpha value is -3.75. The second kappa shape index (κ2) is 13.5. The van der Waals surface area contributed by atoms with Crippen molar-refractivity contribution in [2.24, 2.45) is 4.99 Å². The van der Waals surface area contributed by atoms with Crippen LogP contribution in [0.3, 0.4) is 0 Å². The smallest absolute Gasteiger partial charge is 0.397 e. The van der Waals surface area contributed by atoms with E-state index in [1.807, 2.05) is 106 Å². The zero-order chi connectivity index (χ0) is 28.6. The van der Waals surface area contributed by atoms with Gasteiger partial charge in [0, 0.05) is 29.2 Å². The number of likely N-dealkylation sites (N-methyl/N-ethyl adjacent to an activating group) is 2. The summed E-state index contributed by atoms with van der Waals surface area (Å²) in [5, 5.41) is 11.8. The number of fused-ring (bicyclic) bond motifs is 1. The molecule has 4 aromatic rings. The van der Waals surface area contributed by atoms with Gasteiger partial charge in [-0.2, -0.15) is 0 Å². The summed E-state index contributed by atoms with van der Waals surface area (Å²) in [4.78, 5) is 24.0. The minimum Gasteiger partial charge on any atom is -0.494 e. The molecule has 0 aliphatic carbocycles. The average molecular weight is 563 g/mol. The van der Waals surface area contributed by atoms with Gasteiger partial charge in [-0.25, -0.2) is 4.99 Å². The summed E-state index contributed by atoms with van der Waals surface area (Å²) in [5.41, 5.74) is 4.14. The van der Waals surface area contributed by atoms with Crippen molar-refractivity contribution in [3.63, 3.8) is 0 Å². The Morgan fingerprint density at radius 2 is 1.62 bits per heavy atom. The van der Waals surface area contributed by atoms with Crippen LogP contribution in [-0.2, 0) is 13.8 Å². The van der Waals surface area contributed by atoms with Crippen LogP contribution in [0, 0.1) is 0 Å². The number of benzene rings is 3. The fourth-order valence-electron chi connectivity index (χ4n) is 4.10. The van der Waals surface area contributed by atoms with Crippen molar-refractivity contribution in [1.29, 1.82) is 0 Å². The van der Waals surface area contributed by atoms with Gasteiger partial charge in [0.25, 0.3) is 0 Å². The Morgan fingerprint density at radius 1 is 0.950 bits per heavy atom. The summed E-state index contributed by atoms with van der Waals surface area (Å²) in [7, 11) is 3.93. The molecule has 0 fully saturated rings. The highest BCUT2D eigenvalue weighted by molar-refractivity contribution is 7.42. The standard InChI is InChI=1S/C30H35N4O5P/c1-6-37-40(38-7-2)39-24-17-18-26-25(19-24)28(30(36)32-26)29(21-11-9-8-10-12-21)31-22-13-15-23(16-14-22)34(5)27(35)20-33(3)4/h8-19,32,36H,6-7,20H2,1-5H3. The Kier molecular flexibility index (Phi) is 9.90. The van der Waals surface area contributed by atoms with E-state index in [4.69, 9.17) is 18.6 Å². The van der Waals surface area contributed by atoms with Crippen molar-refractivity contribution in [3.8, 4) is 11.6 Å². The van der Waals surface area contributed by atoms with Crippen molar-refractivity contribution in [3.05, 3.63) is 83.9 Å². The lowest BCUT2D eigenvalue weighted by Crippen LogP contribution is -2.34. The van der Waals surface area contributed by atoms with Gasteiger partial charge in [0.1, 0.15) is 5.75 Å². The molecule has 0 unspecified atom stereocenters. The minimum absolute atomic E-state index is 0.00253. The summed E-state index contributed by atoms with van der Waals surface area (Å²) >= 11 is 0. The van der Waals surface area contributed by atoms with Gasteiger partial charge in [0.05, 0.1) is 36.7 Å². The van der Waals surface area contributed by atoms with E-state index in [2.05, 4.69) is 4.98 Å². The number of hydrogen-bond donors (Lipinski definition) is 2. The largest absolute Gasteiger partial charge is 0.494 e. The summed E-state index contributed by atoms with van der Waals surface area (Å²) in [6.45, 7) is 5.02. The first-order valence-electron chi connectivity index (χ1n) is 13.0. The van der Waals surface area contributed by atoms with Crippen LogP contribution < -0.4 is 9.42 Å². The lowest BCUT2D eigenvalue weighted by atomic mass is 10.0. The van der Waals surface area contributed by atoms with Gasteiger partial charge in [-0.3, -0.25) is 4.79 Å². The Labute approximate surface area is 236 Å². The molecule has 0 bridgehead atoms. The second-order valence-electron chi connectivity index (χ2n) is 9.24. The summed E-state index contributed by atoms with van der Waals surface area (Å²) in [6, 6.07) is 22.6. The SMILES string of the molecule is CCOP(OCC)Oc1ccc2[nH]c(O)c(C(=Nc3ccc(N(C)C(=O)CN(C)C)cc3)c3ccccc3)c2c1. The normalized spacial score (nSPS) is 11.9. The molecule has 1 amide bonds. The molecular formula is C30H35N4O5P. The van der Waals surface area contributed by atoms with Gasteiger partial charge < -0.3 is 33.5 Å². The molecule has 2 N–H and O–H groups in total. The quantitative estimate of drug-likeness (QED) is 0.157. The molecule has 0 radical (unpaired) electrons. The van der Waals surface area contributed by atoms with Gasteiger partial charge in [-0.05, 0) is 70.4 Å². The molecule has 0 spiro atoms. The van der Waals surface area contributed by atoms with Gasteiger partial charge in [0.15, 0.2) is 5.88 Å². The second-order valence-corrected chi connectivity index (χ2v) is 10.4. The van der Waals surface area contributed by atoms with Crippen LogP contribution in [0.5, 0.6) is 11.6 Å². The van der Waals surface area contributed by atoms with Gasteiger partial charge in [-0.1, -0.05) is 30.3 Å². The number of hydrogen-bond acceptors (Lipinski definition) is 7. The van der Waals surface area contributed by atoms with E-state index in [1.54, 1.807) is 11.9 Å². The molecule has 0 saturated heterocycles. The predicted molar refractivity (Wildman–Crippen MR) is 161 cm³/mol. The molecule has 0 atom stereocenters. The highest BCUT2D eigenvalue weighted by Gasteiger charge is 2.21. The Morgan fingerprint density at radius 3 is 2.25 bits per heavy atom. The predicted octanol–water partition coefficient (Wildman–Crippen LogP) is 6.25. The molecule has 4 rings (SSSR count). The topological polar surface area (TPSA) is 99.6 Å². The molecule has 0 saturated carbocycles. The molecule has 210 valence electrons. The van der Waals surface area contributed by atoms with Crippen LogP contribution in [0.1, 0.15) is 25.0 Å². The number of nitrogens with zero attached hydrogens (tertiary/aromatic N) is 3. The molecule has 0 aliphatic heterocycles. The maximum absolute atomic E-state index is 12.5. The lowest BCUT2D eigenvalue weighted by Gasteiger charge is -2.19. The van der Waals surface area contributed by atoms with Crippen LogP contribution in [0.4, 0.5) is 11.4 Å². The zero-order valence-electron chi connectivity index (χ0n) is 23.4. The van der Waals surface area contributed by atoms with E-state index in [0.717, 1.165) is 22.2 Å². The van der Waals surface area contributed by atoms with Gasteiger partial charge in [-0.15, -0.1) is 0 Å². The van der Waals surface area contributed by atoms with Crippen LogP contribution in [-0.4, -0.2) is 67.5 Å². The maximum atomic E-state index is 12.5. The zero-order valence-corrected chi connectivity index (χ0v) is 24.3. The number of nitrogens with one attached hydrogen (secondary N) is 1. The fourth-order valence-corrected chi connectivity index (χ4v) is 4.99. The van der Waals surface area contributed by atoms with E-state index in [0.29, 0.717) is 42.5 Å². The molecule has 3 aromatic carbocycles. The maximum Gasteiger partial charge on any atom is 0.397 e. The molecule has 1 aromatic heterocycles. The Bertz CT molecular complexity index is 1450. The van der Waals surface area contributed by atoms with Crippen LogP contribution >= 0.6 is 8.60 Å². The van der Waals surface area contributed by atoms with Gasteiger partial charge in [0.2, 0.25) is 5.91 Å². The summed E-state index contributed by atoms with van der Waals surface area (Å²) < 4.78 is 17.2. The van der Waals surface area contributed by atoms with Crippen LogP contribution in [0.25, 0.3) is 10.9 Å². The molecule has 40 heavy (non-hydrogen) atoms.